The zero-order valence-electron chi connectivity index (χ0n) is 18.5. The highest BCUT2D eigenvalue weighted by molar-refractivity contribution is 5.89. The lowest BCUT2D eigenvalue weighted by Crippen LogP contribution is -2.53. The van der Waals surface area contributed by atoms with Crippen molar-refractivity contribution < 1.29 is 28.2 Å². The largest absolute Gasteiger partial charge is 0.467 e. The molecule has 2 aromatic carbocycles. The second kappa shape index (κ2) is 12.4. The van der Waals surface area contributed by atoms with E-state index in [4.69, 9.17) is 9.47 Å². The van der Waals surface area contributed by atoms with Gasteiger partial charge in [-0.15, -0.1) is 0 Å². The maximum Gasteiger partial charge on any atom is 0.408 e. The number of alkyl carbamates (subject to hydrolysis) is 1. The molecule has 32 heavy (non-hydrogen) atoms. The smallest absolute Gasteiger partial charge is 0.408 e. The van der Waals surface area contributed by atoms with Crippen molar-refractivity contribution in [1.82, 2.24) is 10.6 Å². The Kier molecular flexibility index (Phi) is 9.66. The van der Waals surface area contributed by atoms with E-state index >= 15 is 0 Å². The Bertz CT molecular complexity index is 887. The fourth-order valence-corrected chi connectivity index (χ4v) is 3.07. The normalized spacial score (nSPS) is 12.5. The van der Waals surface area contributed by atoms with Crippen LogP contribution in [-0.4, -0.2) is 37.2 Å². The molecule has 7 nitrogen and oxygen atoms in total. The summed E-state index contributed by atoms with van der Waals surface area (Å²) in [7, 11) is 1.22. The van der Waals surface area contributed by atoms with Gasteiger partial charge in [0.15, 0.2) is 0 Å². The number of nitrogens with one attached hydrogen (secondary N) is 2. The molecule has 0 radical (unpaired) electrons. The van der Waals surface area contributed by atoms with Crippen LogP contribution in [0.3, 0.4) is 0 Å². The minimum Gasteiger partial charge on any atom is -0.467 e. The average Bonchev–Trinajstić information content (AvgIpc) is 2.78. The van der Waals surface area contributed by atoms with Crippen LogP contribution in [0.5, 0.6) is 0 Å². The predicted molar refractivity (Wildman–Crippen MR) is 117 cm³/mol. The quantitative estimate of drug-likeness (QED) is 0.548. The van der Waals surface area contributed by atoms with Crippen molar-refractivity contribution >= 4 is 18.0 Å². The van der Waals surface area contributed by atoms with Gasteiger partial charge in [-0.3, -0.25) is 4.79 Å². The van der Waals surface area contributed by atoms with E-state index in [2.05, 4.69) is 10.6 Å². The van der Waals surface area contributed by atoms with Crippen LogP contribution in [0.25, 0.3) is 0 Å². The van der Waals surface area contributed by atoms with Crippen LogP contribution in [0.4, 0.5) is 9.18 Å². The van der Waals surface area contributed by atoms with Crippen molar-refractivity contribution in [2.75, 3.05) is 7.11 Å². The first-order valence-electron chi connectivity index (χ1n) is 10.4. The third-order valence-corrected chi connectivity index (χ3v) is 4.68. The summed E-state index contributed by atoms with van der Waals surface area (Å²) < 4.78 is 23.2. The van der Waals surface area contributed by atoms with Gasteiger partial charge in [0, 0.05) is 6.42 Å². The summed E-state index contributed by atoms with van der Waals surface area (Å²) in [6.45, 7) is 3.89. The second-order valence-electron chi connectivity index (χ2n) is 7.80. The zero-order valence-corrected chi connectivity index (χ0v) is 18.5. The number of halogens is 1. The molecule has 0 heterocycles. The molecule has 8 heteroatoms. The van der Waals surface area contributed by atoms with Gasteiger partial charge in [0.05, 0.1) is 7.11 Å². The van der Waals surface area contributed by atoms with E-state index in [9.17, 15) is 18.8 Å². The summed E-state index contributed by atoms with van der Waals surface area (Å²) >= 11 is 0. The van der Waals surface area contributed by atoms with Crippen molar-refractivity contribution in [2.24, 2.45) is 5.92 Å². The molecular formula is C24H29FN2O5. The molecular weight excluding hydrogens is 415 g/mol. The summed E-state index contributed by atoms with van der Waals surface area (Å²) in [6, 6.07) is 12.9. The molecule has 0 aliphatic rings. The number of benzene rings is 2. The molecule has 0 saturated carbocycles. The highest BCUT2D eigenvalue weighted by Gasteiger charge is 2.28. The predicted octanol–water partition coefficient (Wildman–Crippen LogP) is 3.37. The molecule has 0 spiro atoms. The van der Waals surface area contributed by atoms with Crippen LogP contribution < -0.4 is 10.6 Å². The number of esters is 1. The number of hydrogen-bond acceptors (Lipinski definition) is 5. The molecule has 2 aromatic rings. The van der Waals surface area contributed by atoms with Crippen LogP contribution >= 0.6 is 0 Å². The van der Waals surface area contributed by atoms with E-state index in [1.807, 2.05) is 44.2 Å². The fraction of sp³-hybridized carbons (Fsp3) is 0.375. The van der Waals surface area contributed by atoms with Crippen LogP contribution in [0, 0.1) is 11.7 Å². The molecule has 0 bridgehead atoms. The van der Waals surface area contributed by atoms with Crippen LogP contribution in [0.15, 0.2) is 54.6 Å². The first-order chi connectivity index (χ1) is 15.3. The van der Waals surface area contributed by atoms with Crippen LogP contribution in [0.2, 0.25) is 0 Å². The van der Waals surface area contributed by atoms with Gasteiger partial charge < -0.3 is 20.1 Å². The van der Waals surface area contributed by atoms with Gasteiger partial charge in [0.1, 0.15) is 24.5 Å². The molecule has 0 aliphatic heterocycles. The number of hydrogen-bond donors (Lipinski definition) is 2. The van der Waals surface area contributed by atoms with E-state index in [1.54, 1.807) is 0 Å². The fourth-order valence-electron chi connectivity index (χ4n) is 3.07. The molecule has 0 aliphatic carbocycles. The highest BCUT2D eigenvalue weighted by atomic mass is 19.1. The molecule has 0 fully saturated rings. The topological polar surface area (TPSA) is 93.7 Å². The number of methoxy groups -OCH3 is 1. The average molecular weight is 445 g/mol. The van der Waals surface area contributed by atoms with Gasteiger partial charge >= 0.3 is 12.1 Å². The second-order valence-corrected chi connectivity index (χ2v) is 7.80. The Hall–Kier alpha value is -3.42. The summed E-state index contributed by atoms with van der Waals surface area (Å²) in [5.74, 6) is -1.48. The van der Waals surface area contributed by atoms with Crippen LogP contribution in [0.1, 0.15) is 31.4 Å². The van der Waals surface area contributed by atoms with Crippen molar-refractivity contribution in [3.63, 3.8) is 0 Å². The third-order valence-electron chi connectivity index (χ3n) is 4.68. The molecule has 2 atom stereocenters. The van der Waals surface area contributed by atoms with Crippen molar-refractivity contribution in [3.8, 4) is 0 Å². The monoisotopic (exact) mass is 444 g/mol. The van der Waals surface area contributed by atoms with Gasteiger partial charge in [0.25, 0.3) is 0 Å². The molecule has 0 aromatic heterocycles. The van der Waals surface area contributed by atoms with Gasteiger partial charge in [-0.1, -0.05) is 56.3 Å². The van der Waals surface area contributed by atoms with Crippen molar-refractivity contribution in [3.05, 3.63) is 71.5 Å². The lowest BCUT2D eigenvalue weighted by atomic mass is 10.0. The highest BCUT2D eigenvalue weighted by Crippen LogP contribution is 2.10. The number of rotatable bonds is 10. The van der Waals surface area contributed by atoms with Gasteiger partial charge in [-0.25, -0.2) is 14.0 Å². The maximum atomic E-state index is 13.2. The Labute approximate surface area is 187 Å². The van der Waals surface area contributed by atoms with Gasteiger partial charge in [-0.05, 0) is 35.6 Å². The Balaban J connectivity index is 2.03. The summed E-state index contributed by atoms with van der Waals surface area (Å²) in [6.07, 6.45) is -0.273. The van der Waals surface area contributed by atoms with Crippen molar-refractivity contribution in [2.45, 2.75) is 45.4 Å². The van der Waals surface area contributed by atoms with Crippen molar-refractivity contribution in [1.29, 1.82) is 0 Å². The molecule has 2 rings (SSSR count). The van der Waals surface area contributed by atoms with E-state index in [0.717, 1.165) is 5.56 Å². The summed E-state index contributed by atoms with van der Waals surface area (Å²) in [4.78, 5) is 37.4. The number of carbonyl (C=O) groups is 3. The van der Waals surface area contributed by atoms with E-state index in [1.165, 1.54) is 31.4 Å². The Morgan fingerprint density at radius 3 is 2.16 bits per heavy atom. The lowest BCUT2D eigenvalue weighted by molar-refractivity contribution is -0.145. The lowest BCUT2D eigenvalue weighted by Gasteiger charge is -2.23. The number of ether oxygens (including phenoxy) is 2. The minimum absolute atomic E-state index is 0.0675. The Morgan fingerprint density at radius 1 is 0.906 bits per heavy atom. The van der Waals surface area contributed by atoms with Crippen LogP contribution in [-0.2, 0) is 32.1 Å². The van der Waals surface area contributed by atoms with E-state index in [0.29, 0.717) is 12.0 Å². The maximum absolute atomic E-state index is 13.2. The van der Waals surface area contributed by atoms with E-state index < -0.39 is 35.9 Å². The van der Waals surface area contributed by atoms with E-state index in [-0.39, 0.29) is 18.9 Å². The summed E-state index contributed by atoms with van der Waals surface area (Å²) in [5.41, 5.74) is 1.47. The first kappa shape index (κ1) is 24.8. The zero-order chi connectivity index (χ0) is 23.5. The third kappa shape index (κ3) is 8.37. The van der Waals surface area contributed by atoms with Gasteiger partial charge in [0.2, 0.25) is 5.91 Å². The summed E-state index contributed by atoms with van der Waals surface area (Å²) in [5, 5.41) is 5.22. The van der Waals surface area contributed by atoms with Gasteiger partial charge in [-0.2, -0.15) is 0 Å². The molecule has 0 saturated heterocycles. The molecule has 172 valence electrons. The molecule has 2 amide bonds. The molecule has 2 N–H and O–H groups in total. The minimum atomic E-state index is -0.991. The molecule has 0 unspecified atom stereocenters. The Morgan fingerprint density at radius 2 is 1.56 bits per heavy atom. The standard InChI is InChI=1S/C24H29FN2O5/c1-16(2)13-20(27-24(30)32-15-18-7-5-4-6-8-18)22(28)26-21(23(29)31-3)14-17-9-11-19(25)12-10-17/h4-12,16,20-21H,13-15H2,1-3H3,(H,26,28)(H,27,30)/t20-,21+/m0/s1. The number of amides is 2. The number of carbonyl (C=O) groups excluding carboxylic acids is 3. The first-order valence-corrected chi connectivity index (χ1v) is 10.4. The SMILES string of the molecule is COC(=O)[C@@H](Cc1ccc(F)cc1)NC(=O)[C@H](CC(C)C)NC(=O)OCc1ccccc1.